The van der Waals surface area contributed by atoms with Gasteiger partial charge in [-0.25, -0.2) is 9.78 Å². The average Bonchev–Trinajstić information content (AvgIpc) is 2.34. The van der Waals surface area contributed by atoms with Crippen molar-refractivity contribution in [1.29, 1.82) is 0 Å². The van der Waals surface area contributed by atoms with E-state index >= 15 is 0 Å². The van der Waals surface area contributed by atoms with Gasteiger partial charge in [-0.1, -0.05) is 6.07 Å². The average molecular weight is 238 g/mol. The second-order valence-corrected chi connectivity index (χ2v) is 3.71. The molecule has 0 saturated carbocycles. The predicted octanol–water partition coefficient (Wildman–Crippen LogP) is -0.0609. The van der Waals surface area contributed by atoms with Gasteiger partial charge in [0.25, 0.3) is 0 Å². The molecule has 1 rings (SSSR count). The van der Waals surface area contributed by atoms with Crippen molar-refractivity contribution < 1.29 is 9.90 Å². The molecular weight excluding hydrogens is 220 g/mol. The normalized spacial score (nSPS) is 9.82. The first-order valence-corrected chi connectivity index (χ1v) is 5.39. The van der Waals surface area contributed by atoms with Crippen LogP contribution in [0.4, 0.5) is 10.6 Å². The summed E-state index contributed by atoms with van der Waals surface area (Å²) >= 11 is 0. The standard InChI is InChI=1S/C11H18N4O2/c1-15(2)10-5-3-4-9(14-10)8-13-11(17)12-6-7-16/h3-5,16H,6-8H2,1-2H3,(H2,12,13,17). The fraction of sp³-hybridized carbons (Fsp3) is 0.455. The highest BCUT2D eigenvalue weighted by Gasteiger charge is 2.02. The molecule has 1 aromatic heterocycles. The molecule has 0 spiro atoms. The summed E-state index contributed by atoms with van der Waals surface area (Å²) in [6.45, 7) is 0.539. The van der Waals surface area contributed by atoms with Crippen molar-refractivity contribution in [3.8, 4) is 0 Å². The number of carbonyl (C=O) groups is 1. The summed E-state index contributed by atoms with van der Waals surface area (Å²) in [5, 5.41) is 13.7. The number of rotatable bonds is 5. The number of hydrogen-bond donors (Lipinski definition) is 3. The van der Waals surface area contributed by atoms with Gasteiger partial charge in [0.1, 0.15) is 5.82 Å². The van der Waals surface area contributed by atoms with Crippen molar-refractivity contribution in [3.63, 3.8) is 0 Å². The lowest BCUT2D eigenvalue weighted by molar-refractivity contribution is 0.234. The molecule has 0 atom stereocenters. The number of aromatic nitrogens is 1. The van der Waals surface area contributed by atoms with Crippen LogP contribution < -0.4 is 15.5 Å². The van der Waals surface area contributed by atoms with Crippen LogP contribution in [-0.2, 0) is 6.54 Å². The van der Waals surface area contributed by atoms with Gasteiger partial charge in [0, 0.05) is 20.6 Å². The lowest BCUT2D eigenvalue weighted by Crippen LogP contribution is -2.36. The van der Waals surface area contributed by atoms with Crippen LogP contribution in [0.1, 0.15) is 5.69 Å². The zero-order chi connectivity index (χ0) is 12.7. The molecule has 6 nitrogen and oxygen atoms in total. The van der Waals surface area contributed by atoms with Crippen LogP contribution in [-0.4, -0.2) is 43.4 Å². The van der Waals surface area contributed by atoms with Crippen LogP contribution in [0.3, 0.4) is 0 Å². The zero-order valence-electron chi connectivity index (χ0n) is 10.1. The molecule has 0 radical (unpaired) electrons. The van der Waals surface area contributed by atoms with Gasteiger partial charge in [-0.15, -0.1) is 0 Å². The number of anilines is 1. The van der Waals surface area contributed by atoms with Crippen molar-refractivity contribution in [2.45, 2.75) is 6.54 Å². The van der Waals surface area contributed by atoms with E-state index in [1.165, 1.54) is 0 Å². The summed E-state index contributed by atoms with van der Waals surface area (Å²) in [7, 11) is 3.82. The maximum absolute atomic E-state index is 11.2. The van der Waals surface area contributed by atoms with Gasteiger partial charge in [0.2, 0.25) is 0 Å². The quantitative estimate of drug-likeness (QED) is 0.671. The molecular formula is C11H18N4O2. The first-order valence-electron chi connectivity index (χ1n) is 5.39. The van der Waals surface area contributed by atoms with Gasteiger partial charge in [0.05, 0.1) is 18.8 Å². The Morgan fingerprint density at radius 3 is 2.82 bits per heavy atom. The minimum absolute atomic E-state index is 0.0677. The molecule has 2 amide bonds. The molecule has 0 bridgehead atoms. The Morgan fingerprint density at radius 2 is 2.18 bits per heavy atom. The third-order valence-electron chi connectivity index (χ3n) is 2.08. The molecule has 6 heteroatoms. The maximum Gasteiger partial charge on any atom is 0.315 e. The third-order valence-corrected chi connectivity index (χ3v) is 2.08. The minimum Gasteiger partial charge on any atom is -0.395 e. The Bertz CT molecular complexity index is 368. The SMILES string of the molecule is CN(C)c1cccc(CNC(=O)NCCO)n1. The van der Waals surface area contributed by atoms with Crippen molar-refractivity contribution in [3.05, 3.63) is 23.9 Å². The third kappa shape index (κ3) is 4.69. The summed E-state index contributed by atoms with van der Waals surface area (Å²) in [6, 6.07) is 5.33. The highest BCUT2D eigenvalue weighted by atomic mass is 16.3. The Kier molecular flexibility index (Phi) is 5.22. The Morgan fingerprint density at radius 1 is 1.41 bits per heavy atom. The van der Waals surface area contributed by atoms with Crippen LogP contribution in [0, 0.1) is 0 Å². The molecule has 17 heavy (non-hydrogen) atoms. The zero-order valence-corrected chi connectivity index (χ0v) is 10.1. The van der Waals surface area contributed by atoms with Gasteiger partial charge in [-0.3, -0.25) is 0 Å². The Balaban J connectivity index is 2.46. The summed E-state index contributed by atoms with van der Waals surface area (Å²) in [6.07, 6.45) is 0. The second-order valence-electron chi connectivity index (χ2n) is 3.71. The molecule has 0 aromatic carbocycles. The molecule has 1 aromatic rings. The van der Waals surface area contributed by atoms with E-state index in [0.29, 0.717) is 6.54 Å². The molecule has 0 aliphatic rings. The van der Waals surface area contributed by atoms with E-state index in [1.54, 1.807) is 0 Å². The highest BCUT2D eigenvalue weighted by Crippen LogP contribution is 2.07. The van der Waals surface area contributed by atoms with Crippen molar-refractivity contribution in [2.24, 2.45) is 0 Å². The van der Waals surface area contributed by atoms with E-state index in [9.17, 15) is 4.79 Å². The fourth-order valence-electron chi connectivity index (χ4n) is 1.22. The van der Waals surface area contributed by atoms with Gasteiger partial charge in [-0.05, 0) is 12.1 Å². The lowest BCUT2D eigenvalue weighted by atomic mass is 10.3. The van der Waals surface area contributed by atoms with Crippen LogP contribution in [0.25, 0.3) is 0 Å². The molecule has 0 aliphatic carbocycles. The topological polar surface area (TPSA) is 77.5 Å². The number of carbonyl (C=O) groups excluding carboxylic acids is 1. The minimum atomic E-state index is -0.309. The van der Waals surface area contributed by atoms with E-state index in [4.69, 9.17) is 5.11 Å². The monoisotopic (exact) mass is 238 g/mol. The van der Waals surface area contributed by atoms with Crippen LogP contribution in [0.2, 0.25) is 0 Å². The van der Waals surface area contributed by atoms with Crippen LogP contribution in [0.5, 0.6) is 0 Å². The van der Waals surface area contributed by atoms with Crippen molar-refractivity contribution in [1.82, 2.24) is 15.6 Å². The molecule has 3 N–H and O–H groups in total. The Labute approximate surface area is 101 Å². The molecule has 1 heterocycles. The maximum atomic E-state index is 11.2. The first-order chi connectivity index (χ1) is 8.13. The number of aliphatic hydroxyl groups is 1. The number of nitrogens with zero attached hydrogens (tertiary/aromatic N) is 2. The number of nitrogens with one attached hydrogen (secondary N) is 2. The van der Waals surface area contributed by atoms with E-state index in [1.807, 2.05) is 37.2 Å². The number of urea groups is 1. The predicted molar refractivity (Wildman–Crippen MR) is 65.9 cm³/mol. The number of amides is 2. The van der Waals surface area contributed by atoms with Gasteiger partial charge in [-0.2, -0.15) is 0 Å². The van der Waals surface area contributed by atoms with Crippen LogP contribution in [0.15, 0.2) is 18.2 Å². The second kappa shape index (κ2) is 6.70. The van der Waals surface area contributed by atoms with E-state index in [0.717, 1.165) is 11.5 Å². The van der Waals surface area contributed by atoms with Crippen molar-refractivity contribution >= 4 is 11.8 Å². The van der Waals surface area contributed by atoms with E-state index in [-0.39, 0.29) is 19.2 Å². The summed E-state index contributed by atoms with van der Waals surface area (Å²) < 4.78 is 0. The van der Waals surface area contributed by atoms with Gasteiger partial charge < -0.3 is 20.6 Å². The Hall–Kier alpha value is -1.82. The molecule has 0 aliphatic heterocycles. The molecule has 0 fully saturated rings. The molecule has 0 saturated heterocycles. The van der Waals surface area contributed by atoms with Crippen LogP contribution >= 0.6 is 0 Å². The van der Waals surface area contributed by atoms with Gasteiger partial charge in [0.15, 0.2) is 0 Å². The molecule has 0 unspecified atom stereocenters. The summed E-state index contributed by atoms with van der Waals surface area (Å²) in [5.74, 6) is 0.847. The van der Waals surface area contributed by atoms with Gasteiger partial charge >= 0.3 is 6.03 Å². The number of hydrogen-bond acceptors (Lipinski definition) is 4. The largest absolute Gasteiger partial charge is 0.395 e. The smallest absolute Gasteiger partial charge is 0.315 e. The van der Waals surface area contributed by atoms with E-state index < -0.39 is 0 Å². The fourth-order valence-corrected chi connectivity index (χ4v) is 1.22. The van der Waals surface area contributed by atoms with Crippen molar-refractivity contribution in [2.75, 3.05) is 32.1 Å². The molecule has 94 valence electrons. The highest BCUT2D eigenvalue weighted by molar-refractivity contribution is 5.73. The number of aliphatic hydroxyl groups excluding tert-OH is 1. The first kappa shape index (κ1) is 13.2. The summed E-state index contributed by atoms with van der Waals surface area (Å²) in [4.78, 5) is 17.5. The summed E-state index contributed by atoms with van der Waals surface area (Å²) in [5.41, 5.74) is 0.787. The lowest BCUT2D eigenvalue weighted by Gasteiger charge is -2.12. The number of pyridine rings is 1. The van der Waals surface area contributed by atoms with E-state index in [2.05, 4.69) is 15.6 Å².